The van der Waals surface area contributed by atoms with Crippen LogP contribution < -0.4 is 14.8 Å². The summed E-state index contributed by atoms with van der Waals surface area (Å²) in [6.07, 6.45) is 2.15. The van der Waals surface area contributed by atoms with Crippen molar-refractivity contribution in [3.8, 4) is 11.5 Å². The third kappa shape index (κ3) is 7.50. The maximum Gasteiger partial charge on any atom is 0.407 e. The summed E-state index contributed by atoms with van der Waals surface area (Å²) in [5, 5.41) is 2.83. The first-order valence-electron chi connectivity index (χ1n) is 8.99. The van der Waals surface area contributed by atoms with E-state index in [0.29, 0.717) is 12.8 Å². The molecule has 1 aromatic carbocycles. The van der Waals surface area contributed by atoms with Gasteiger partial charge in [0.25, 0.3) is 0 Å². The minimum Gasteiger partial charge on any atom is -0.496 e. The summed E-state index contributed by atoms with van der Waals surface area (Å²) in [6, 6.07) is 3.73. The summed E-state index contributed by atoms with van der Waals surface area (Å²) >= 11 is 0. The highest BCUT2D eigenvalue weighted by Crippen LogP contribution is 2.31. The molecule has 1 rings (SSSR count). The topological polar surface area (TPSA) is 56.8 Å². The Bertz CT molecular complexity index is 584. The molecule has 0 spiro atoms. The summed E-state index contributed by atoms with van der Waals surface area (Å²) in [6.45, 7) is 7.07. The van der Waals surface area contributed by atoms with Gasteiger partial charge in [-0.25, -0.2) is 4.79 Å². The van der Waals surface area contributed by atoms with E-state index in [-0.39, 0.29) is 12.7 Å². The number of hydrogen-bond acceptors (Lipinski definition) is 4. The normalized spacial score (nSPS) is 12.4. The summed E-state index contributed by atoms with van der Waals surface area (Å²) in [7, 11) is 3.23. The Labute approximate surface area is 156 Å². The lowest BCUT2D eigenvalue weighted by Crippen LogP contribution is -2.38. The number of hydrogen-bond donors (Lipinski definition) is 1. The van der Waals surface area contributed by atoms with Crippen LogP contribution in [0.4, 0.5) is 9.18 Å². The van der Waals surface area contributed by atoms with Crippen molar-refractivity contribution in [3.63, 3.8) is 0 Å². The first-order chi connectivity index (χ1) is 12.2. The van der Waals surface area contributed by atoms with Gasteiger partial charge >= 0.3 is 6.09 Å². The maximum absolute atomic E-state index is 12.3. The Morgan fingerprint density at radius 1 is 1.12 bits per heavy atom. The zero-order valence-corrected chi connectivity index (χ0v) is 16.8. The number of rotatable bonds is 9. The van der Waals surface area contributed by atoms with Crippen LogP contribution in [-0.4, -0.2) is 38.6 Å². The third-order valence-electron chi connectivity index (χ3n) is 3.80. The zero-order chi connectivity index (χ0) is 19.7. The van der Waals surface area contributed by atoms with E-state index in [4.69, 9.17) is 14.2 Å². The number of ether oxygens (including phenoxy) is 3. The molecule has 0 fully saturated rings. The Balaban J connectivity index is 2.85. The van der Waals surface area contributed by atoms with Crippen LogP contribution in [0, 0.1) is 0 Å². The van der Waals surface area contributed by atoms with Crippen LogP contribution in [-0.2, 0) is 17.6 Å². The fraction of sp³-hybridized carbons (Fsp3) is 0.650. The molecule has 1 aromatic rings. The average molecular weight is 369 g/mol. The van der Waals surface area contributed by atoms with E-state index in [1.807, 2.05) is 39.8 Å². The Kier molecular flexibility index (Phi) is 8.69. The molecule has 0 aliphatic heterocycles. The van der Waals surface area contributed by atoms with Crippen molar-refractivity contribution in [2.45, 2.75) is 65.0 Å². The van der Waals surface area contributed by atoms with Crippen LogP contribution in [0.2, 0.25) is 0 Å². The largest absolute Gasteiger partial charge is 0.496 e. The summed E-state index contributed by atoms with van der Waals surface area (Å²) in [5.74, 6) is 1.49. The zero-order valence-electron chi connectivity index (χ0n) is 16.8. The quantitative estimate of drug-likeness (QED) is 0.653. The molecule has 0 saturated heterocycles. The number of alkyl carbamates (subject to hydrolysis) is 1. The van der Waals surface area contributed by atoms with Gasteiger partial charge in [-0.05, 0) is 76.6 Å². The number of carbonyl (C=O) groups excluding carboxylic acids is 1. The van der Waals surface area contributed by atoms with Crippen molar-refractivity contribution in [1.82, 2.24) is 5.32 Å². The Morgan fingerprint density at radius 2 is 1.69 bits per heavy atom. The van der Waals surface area contributed by atoms with Gasteiger partial charge in [-0.3, -0.25) is 4.39 Å². The average Bonchev–Trinajstić information content (AvgIpc) is 2.53. The molecule has 0 saturated carbocycles. The van der Waals surface area contributed by atoms with E-state index in [1.54, 1.807) is 14.2 Å². The number of benzene rings is 1. The molecule has 0 heterocycles. The van der Waals surface area contributed by atoms with Crippen LogP contribution in [0.5, 0.6) is 11.5 Å². The van der Waals surface area contributed by atoms with Crippen molar-refractivity contribution in [2.75, 3.05) is 20.9 Å². The smallest absolute Gasteiger partial charge is 0.407 e. The lowest BCUT2D eigenvalue weighted by Gasteiger charge is -2.22. The second-order valence-corrected chi connectivity index (χ2v) is 7.37. The molecule has 0 aliphatic carbocycles. The van der Waals surface area contributed by atoms with Gasteiger partial charge in [-0.15, -0.1) is 0 Å². The number of alkyl halides is 1. The molecule has 0 radical (unpaired) electrons. The van der Waals surface area contributed by atoms with E-state index in [1.165, 1.54) is 0 Å². The molecule has 1 atom stereocenters. The second-order valence-electron chi connectivity index (χ2n) is 7.37. The lowest BCUT2D eigenvalue weighted by molar-refractivity contribution is 0.0508. The minimum absolute atomic E-state index is 0.138. The van der Waals surface area contributed by atoms with Crippen molar-refractivity contribution < 1.29 is 23.4 Å². The molecule has 0 aliphatic rings. The molecule has 1 N–H and O–H groups in total. The fourth-order valence-corrected chi connectivity index (χ4v) is 2.68. The monoisotopic (exact) mass is 369 g/mol. The third-order valence-corrected chi connectivity index (χ3v) is 3.80. The van der Waals surface area contributed by atoms with Gasteiger partial charge in [0.2, 0.25) is 0 Å². The van der Waals surface area contributed by atoms with Crippen LogP contribution in [0.15, 0.2) is 12.1 Å². The van der Waals surface area contributed by atoms with Gasteiger partial charge in [0.1, 0.15) is 17.1 Å². The van der Waals surface area contributed by atoms with Gasteiger partial charge in [-0.1, -0.05) is 0 Å². The van der Waals surface area contributed by atoms with E-state index in [0.717, 1.165) is 35.5 Å². The van der Waals surface area contributed by atoms with Crippen LogP contribution in [0.3, 0.4) is 0 Å². The van der Waals surface area contributed by atoms with E-state index in [2.05, 4.69) is 5.32 Å². The van der Waals surface area contributed by atoms with Crippen molar-refractivity contribution >= 4 is 6.09 Å². The SMILES string of the molecule is COc1cc(CC(C)NC(=O)OC(C)(C)C)c(OC)cc1CCCCF. The number of halogens is 1. The number of unbranched alkanes of at least 4 members (excludes halogenated alkanes) is 1. The summed E-state index contributed by atoms with van der Waals surface area (Å²) in [5.41, 5.74) is 1.39. The van der Waals surface area contributed by atoms with Gasteiger partial charge in [0.15, 0.2) is 0 Å². The summed E-state index contributed by atoms with van der Waals surface area (Å²) in [4.78, 5) is 11.9. The lowest BCUT2D eigenvalue weighted by atomic mass is 10.00. The number of amides is 1. The highest BCUT2D eigenvalue weighted by molar-refractivity contribution is 5.68. The molecule has 1 amide bonds. The molecule has 26 heavy (non-hydrogen) atoms. The summed E-state index contributed by atoms with van der Waals surface area (Å²) < 4.78 is 28.6. The molecule has 148 valence electrons. The number of nitrogens with one attached hydrogen (secondary N) is 1. The molecule has 0 bridgehead atoms. The maximum atomic E-state index is 12.3. The van der Waals surface area contributed by atoms with Crippen LogP contribution in [0.25, 0.3) is 0 Å². The first kappa shape index (κ1) is 22.1. The number of methoxy groups -OCH3 is 2. The van der Waals surface area contributed by atoms with Gasteiger partial charge < -0.3 is 19.5 Å². The first-order valence-corrected chi connectivity index (χ1v) is 8.99. The highest BCUT2D eigenvalue weighted by atomic mass is 19.1. The Morgan fingerprint density at radius 3 is 2.23 bits per heavy atom. The van der Waals surface area contributed by atoms with E-state index in [9.17, 15) is 9.18 Å². The van der Waals surface area contributed by atoms with Crippen molar-refractivity contribution in [2.24, 2.45) is 0 Å². The standard InChI is InChI=1S/C20H32FNO4/c1-14(22-19(23)26-20(2,3)4)11-16-13-17(24-5)15(9-7-8-10-21)12-18(16)25-6/h12-14H,7-11H2,1-6H3,(H,22,23). The van der Waals surface area contributed by atoms with Gasteiger partial charge in [0.05, 0.1) is 20.9 Å². The predicted octanol–water partition coefficient (Wildman–Crippen LogP) is 4.45. The van der Waals surface area contributed by atoms with Crippen LogP contribution >= 0.6 is 0 Å². The predicted molar refractivity (Wildman–Crippen MR) is 101 cm³/mol. The van der Waals surface area contributed by atoms with E-state index >= 15 is 0 Å². The van der Waals surface area contributed by atoms with Crippen LogP contribution in [0.1, 0.15) is 51.7 Å². The number of aryl methyl sites for hydroxylation is 1. The fourth-order valence-electron chi connectivity index (χ4n) is 2.68. The van der Waals surface area contributed by atoms with Gasteiger partial charge in [-0.2, -0.15) is 0 Å². The van der Waals surface area contributed by atoms with Gasteiger partial charge in [0, 0.05) is 6.04 Å². The molecule has 0 aromatic heterocycles. The molecule has 6 heteroatoms. The molecular weight excluding hydrogens is 337 g/mol. The second kappa shape index (κ2) is 10.2. The minimum atomic E-state index is -0.536. The number of carbonyl (C=O) groups is 1. The van der Waals surface area contributed by atoms with E-state index < -0.39 is 11.7 Å². The molecular formula is C20H32FNO4. The van der Waals surface area contributed by atoms with Crippen molar-refractivity contribution in [3.05, 3.63) is 23.3 Å². The molecule has 1 unspecified atom stereocenters. The van der Waals surface area contributed by atoms with Crippen molar-refractivity contribution in [1.29, 1.82) is 0 Å². The Hall–Kier alpha value is -1.98. The highest BCUT2D eigenvalue weighted by Gasteiger charge is 2.19. The molecule has 5 nitrogen and oxygen atoms in total.